The molecule has 1 aliphatic rings. The Morgan fingerprint density at radius 3 is 2.05 bits per heavy atom. The van der Waals surface area contributed by atoms with Gasteiger partial charge in [-0.1, -0.05) is 59.4 Å². The number of rotatable bonds is 7. The van der Waals surface area contributed by atoms with Gasteiger partial charge in [0.25, 0.3) is 0 Å². The van der Waals surface area contributed by atoms with E-state index in [4.69, 9.17) is 29.3 Å². The zero-order chi connectivity index (χ0) is 33.1. The van der Waals surface area contributed by atoms with Crippen LogP contribution in [0.4, 0.5) is 4.39 Å². The number of fused-ring (bicyclic) bond motifs is 1. The molecule has 1 aromatic heterocycles. The Hall–Kier alpha value is -3.90. The lowest BCUT2D eigenvalue weighted by molar-refractivity contribution is -0.159. The van der Waals surface area contributed by atoms with Crippen LogP contribution < -0.4 is 0 Å². The zero-order valence-corrected chi connectivity index (χ0v) is 26.5. The number of hydrogen-bond donors (Lipinski definition) is 2. The molecule has 0 aliphatic carbocycles. The molecule has 8 nitrogen and oxygen atoms in total. The Labute approximate surface area is 251 Å². The van der Waals surface area contributed by atoms with Crippen LogP contribution in [-0.2, 0) is 25.7 Å². The molecule has 1 saturated heterocycles. The molecule has 1 fully saturated rings. The highest BCUT2D eigenvalue weighted by molar-refractivity contribution is 6.27. The van der Waals surface area contributed by atoms with E-state index >= 15 is 0 Å². The summed E-state index contributed by atoms with van der Waals surface area (Å²) < 4.78 is 19.5. The molecule has 1 aliphatic heterocycles. The summed E-state index contributed by atoms with van der Waals surface area (Å²) in [5.74, 6) is -1.61. The lowest BCUT2D eigenvalue weighted by Crippen LogP contribution is -2.37. The largest absolute Gasteiger partial charge is 0.495 e. The van der Waals surface area contributed by atoms with Gasteiger partial charge in [0.2, 0.25) is 0 Å². The number of carbonyl (C=O) groups is 3. The van der Waals surface area contributed by atoms with Crippen molar-refractivity contribution in [2.75, 3.05) is 19.6 Å². The molecular formula is C33H51FN2O6. The van der Waals surface area contributed by atoms with Crippen LogP contribution in [0.15, 0.2) is 54.7 Å². The monoisotopic (exact) mass is 590 g/mol. The molecule has 42 heavy (non-hydrogen) atoms. The van der Waals surface area contributed by atoms with E-state index in [9.17, 15) is 4.39 Å². The molecule has 0 amide bonds. The average Bonchev–Trinajstić information content (AvgIpc) is 3.33. The van der Waals surface area contributed by atoms with Gasteiger partial charge in [0.05, 0.1) is 5.76 Å². The maximum Gasteiger partial charge on any atom is 0.414 e. The molecule has 2 aromatic rings. The Kier molecular flexibility index (Phi) is 27.6. The molecule has 0 saturated carbocycles. The number of aliphatic carboxylic acids is 2. The summed E-state index contributed by atoms with van der Waals surface area (Å²) in [7, 11) is 0. The number of halogens is 1. The fraction of sp³-hybridized carbons (Fsp3) is 0.485. The summed E-state index contributed by atoms with van der Waals surface area (Å²) in [5.41, 5.74) is 2.74. The highest BCUT2D eigenvalue weighted by Crippen LogP contribution is 2.21. The van der Waals surface area contributed by atoms with E-state index in [1.807, 2.05) is 34.5 Å². The lowest BCUT2D eigenvalue weighted by Gasteiger charge is -2.32. The van der Waals surface area contributed by atoms with Gasteiger partial charge in [-0.15, -0.1) is 6.42 Å². The van der Waals surface area contributed by atoms with Crippen LogP contribution in [0.2, 0.25) is 0 Å². The second-order valence-electron chi connectivity index (χ2n) is 8.42. The maximum atomic E-state index is 11.0. The van der Waals surface area contributed by atoms with E-state index in [2.05, 4.69) is 79.8 Å². The molecule has 0 radical (unpaired) electrons. The average molecular weight is 591 g/mol. The zero-order valence-electron chi connectivity index (χ0n) is 26.5. The number of allylic oxidation sites excluding steroid dienone is 3. The molecule has 236 valence electrons. The van der Waals surface area contributed by atoms with Gasteiger partial charge in [-0.05, 0) is 69.7 Å². The van der Waals surface area contributed by atoms with E-state index in [0.717, 1.165) is 44.7 Å². The van der Waals surface area contributed by atoms with Gasteiger partial charge in [0.15, 0.2) is 5.83 Å². The van der Waals surface area contributed by atoms with Crippen molar-refractivity contribution in [1.82, 2.24) is 9.47 Å². The van der Waals surface area contributed by atoms with Gasteiger partial charge in [-0.2, -0.15) is 4.39 Å². The third kappa shape index (κ3) is 19.2. The fourth-order valence-electron chi connectivity index (χ4n) is 3.93. The first-order valence-electron chi connectivity index (χ1n) is 14.2. The normalized spacial score (nSPS) is 12.4. The van der Waals surface area contributed by atoms with Crippen LogP contribution in [0.1, 0.15) is 72.8 Å². The molecule has 0 spiro atoms. The summed E-state index contributed by atoms with van der Waals surface area (Å²) in [6, 6.07) is 8.72. The number of aryl methyl sites for hydroxylation is 2. The second kappa shape index (κ2) is 27.3. The highest BCUT2D eigenvalue weighted by atomic mass is 19.1. The molecule has 0 atom stereocenters. The predicted molar refractivity (Wildman–Crippen MR) is 170 cm³/mol. The number of ether oxygens (including phenoxy) is 1. The fourth-order valence-corrected chi connectivity index (χ4v) is 3.93. The van der Waals surface area contributed by atoms with Gasteiger partial charge in [-0.3, -0.25) is 0 Å². The van der Waals surface area contributed by atoms with Crippen LogP contribution >= 0.6 is 0 Å². The van der Waals surface area contributed by atoms with Gasteiger partial charge < -0.3 is 29.2 Å². The standard InChI is InChI=1S/C22H32N2O.C4H3F.C2H2O4.2C2H6.CH2O/c1-4-8-19(3)25-20-11-15-23(16-12-20)13-7-14-24-17-18(2)21-9-5-6-10-22(21)24;1-3-4(2)5;3-1(4)2(5)6;3*1-2/h5-6,8-10,17,20H,4,7,11-16H2,1-3H3;1H,2H2;(H,3,4)(H,5,6);2*1-2H3;1H2/b19-8+;;;;;. The van der Waals surface area contributed by atoms with Crippen LogP contribution in [0.5, 0.6) is 0 Å². The number of benzene rings is 1. The number of terminal acetylenes is 1. The Morgan fingerprint density at radius 2 is 1.60 bits per heavy atom. The molecular weight excluding hydrogens is 539 g/mol. The van der Waals surface area contributed by atoms with E-state index in [1.165, 1.54) is 29.4 Å². The van der Waals surface area contributed by atoms with E-state index in [0.29, 0.717) is 6.10 Å². The number of aromatic nitrogens is 1. The minimum Gasteiger partial charge on any atom is -0.495 e. The summed E-state index contributed by atoms with van der Waals surface area (Å²) >= 11 is 0. The number of likely N-dealkylation sites (tertiary alicyclic amines) is 1. The van der Waals surface area contributed by atoms with E-state index in [1.54, 1.807) is 5.92 Å². The van der Waals surface area contributed by atoms with Gasteiger partial charge >= 0.3 is 11.9 Å². The van der Waals surface area contributed by atoms with Gasteiger partial charge in [0.1, 0.15) is 12.9 Å². The Balaban J connectivity index is -0.000000745. The summed E-state index contributed by atoms with van der Waals surface area (Å²) in [4.78, 5) is 28.8. The van der Waals surface area contributed by atoms with Crippen LogP contribution in [0, 0.1) is 19.3 Å². The van der Waals surface area contributed by atoms with Crippen LogP contribution in [-0.4, -0.2) is 64.1 Å². The Bertz CT molecular complexity index is 1080. The number of hydrogen-bond acceptors (Lipinski definition) is 5. The SMILES string of the molecule is C#CC(=C)F.C=O.CC.CC.CC/C=C(\C)OC1CCN(CCCn2cc(C)c3ccccc32)CC1.O=C(O)C(=O)O. The summed E-state index contributed by atoms with van der Waals surface area (Å²) in [6.45, 7) is 23.8. The number of carbonyl (C=O) groups excluding carboxylic acids is 1. The minimum atomic E-state index is -1.82. The van der Waals surface area contributed by atoms with Crippen molar-refractivity contribution >= 4 is 29.6 Å². The van der Waals surface area contributed by atoms with Crippen molar-refractivity contribution in [3.05, 3.63) is 60.3 Å². The maximum absolute atomic E-state index is 11.0. The minimum absolute atomic E-state index is 0.412. The van der Waals surface area contributed by atoms with Crippen LogP contribution in [0.3, 0.4) is 0 Å². The van der Waals surface area contributed by atoms with Crippen molar-refractivity contribution in [2.24, 2.45) is 0 Å². The van der Waals surface area contributed by atoms with Gasteiger partial charge in [-0.25, -0.2) is 9.59 Å². The van der Waals surface area contributed by atoms with E-state index in [-0.39, 0.29) is 0 Å². The summed E-state index contributed by atoms with van der Waals surface area (Å²) in [6.07, 6.45) is 13.9. The molecule has 0 bridgehead atoms. The molecule has 2 N–H and O–H groups in total. The van der Waals surface area contributed by atoms with Crippen molar-refractivity contribution in [2.45, 2.75) is 86.8 Å². The first-order chi connectivity index (χ1) is 20.1. The van der Waals surface area contributed by atoms with Crippen molar-refractivity contribution in [3.8, 4) is 12.3 Å². The Morgan fingerprint density at radius 1 is 1.10 bits per heavy atom. The third-order valence-corrected chi connectivity index (χ3v) is 5.58. The number of para-hydroxylation sites is 1. The highest BCUT2D eigenvalue weighted by Gasteiger charge is 2.20. The molecule has 3 rings (SSSR count). The lowest BCUT2D eigenvalue weighted by atomic mass is 10.1. The van der Waals surface area contributed by atoms with Crippen molar-refractivity contribution in [3.63, 3.8) is 0 Å². The number of carboxylic acids is 2. The van der Waals surface area contributed by atoms with Crippen molar-refractivity contribution in [1.29, 1.82) is 0 Å². The topological polar surface area (TPSA) is 109 Å². The molecule has 1 aromatic carbocycles. The number of piperidine rings is 1. The van der Waals surface area contributed by atoms with Crippen LogP contribution in [0.25, 0.3) is 10.9 Å². The number of carboxylic acid groups (broad SMARTS) is 2. The summed E-state index contributed by atoms with van der Waals surface area (Å²) in [5, 5.41) is 16.2. The van der Waals surface area contributed by atoms with E-state index < -0.39 is 17.8 Å². The third-order valence-electron chi connectivity index (χ3n) is 5.58. The number of nitrogens with zero attached hydrogens (tertiary/aromatic N) is 2. The predicted octanol–water partition coefficient (Wildman–Crippen LogP) is 7.26. The molecule has 0 unspecified atom stereocenters. The first kappa shape index (κ1) is 42.6. The van der Waals surface area contributed by atoms with Gasteiger partial charge in [0, 0.05) is 36.7 Å². The first-order valence-corrected chi connectivity index (χ1v) is 14.2. The smallest absolute Gasteiger partial charge is 0.414 e. The quantitative estimate of drug-likeness (QED) is 0.198. The molecule has 2 heterocycles. The second-order valence-corrected chi connectivity index (χ2v) is 8.42. The molecule has 9 heteroatoms. The van der Waals surface area contributed by atoms with Crippen molar-refractivity contribution < 1.29 is 33.7 Å².